The molecular weight excluding hydrogens is 492 g/mol. The molecule has 10 nitrogen and oxygen atoms in total. The molecule has 1 amide bonds. The minimum atomic E-state index is -0.451. The maximum absolute atomic E-state index is 12.9. The SMILES string of the molecule is CN(C)Cc1ccc(Nc2ncc3cc(CNC(=O)c4cccn(Cc5cccnc5)c4=O)cnc3n2)cc1. The number of carbonyl (C=O) groups is 1. The summed E-state index contributed by atoms with van der Waals surface area (Å²) in [4.78, 5) is 45.2. The zero-order valence-corrected chi connectivity index (χ0v) is 21.7. The first kappa shape index (κ1) is 25.7. The molecule has 0 aliphatic heterocycles. The number of aromatic nitrogens is 5. The molecule has 4 heterocycles. The van der Waals surface area contributed by atoms with Crippen molar-refractivity contribution in [2.45, 2.75) is 19.6 Å². The van der Waals surface area contributed by atoms with E-state index in [9.17, 15) is 9.59 Å². The van der Waals surface area contributed by atoms with Crippen LogP contribution in [0.3, 0.4) is 0 Å². The fraction of sp³-hybridized carbons (Fsp3) is 0.172. The number of nitrogens with zero attached hydrogens (tertiary/aromatic N) is 6. The highest BCUT2D eigenvalue weighted by atomic mass is 16.2. The summed E-state index contributed by atoms with van der Waals surface area (Å²) in [7, 11) is 4.07. The molecule has 5 aromatic rings. The molecule has 5 rings (SSSR count). The van der Waals surface area contributed by atoms with Gasteiger partial charge in [0.05, 0.1) is 6.54 Å². The Labute approximate surface area is 225 Å². The lowest BCUT2D eigenvalue weighted by molar-refractivity contribution is 0.0948. The Morgan fingerprint density at radius 1 is 0.949 bits per heavy atom. The van der Waals surface area contributed by atoms with E-state index in [0.29, 0.717) is 18.1 Å². The van der Waals surface area contributed by atoms with Crippen LogP contribution in [-0.4, -0.2) is 49.4 Å². The van der Waals surface area contributed by atoms with Gasteiger partial charge in [-0.1, -0.05) is 18.2 Å². The van der Waals surface area contributed by atoms with Gasteiger partial charge in [-0.15, -0.1) is 0 Å². The second-order valence-corrected chi connectivity index (χ2v) is 9.41. The molecule has 4 aromatic heterocycles. The molecule has 0 unspecified atom stereocenters. The van der Waals surface area contributed by atoms with Gasteiger partial charge in [0.25, 0.3) is 11.5 Å². The minimum Gasteiger partial charge on any atom is -0.348 e. The Morgan fingerprint density at radius 2 is 1.79 bits per heavy atom. The Bertz CT molecular complexity index is 1650. The average molecular weight is 521 g/mol. The fourth-order valence-electron chi connectivity index (χ4n) is 4.11. The van der Waals surface area contributed by atoms with Gasteiger partial charge in [-0.2, -0.15) is 4.98 Å². The first-order chi connectivity index (χ1) is 18.9. The van der Waals surface area contributed by atoms with E-state index in [4.69, 9.17) is 0 Å². The summed E-state index contributed by atoms with van der Waals surface area (Å²) in [6, 6.07) is 16.9. The maximum Gasteiger partial charge on any atom is 0.263 e. The minimum absolute atomic E-state index is 0.0731. The predicted octanol–water partition coefficient (Wildman–Crippen LogP) is 3.37. The molecule has 0 bridgehead atoms. The van der Waals surface area contributed by atoms with Gasteiger partial charge in [-0.25, -0.2) is 9.97 Å². The Balaban J connectivity index is 1.23. The number of hydrogen-bond acceptors (Lipinski definition) is 8. The monoisotopic (exact) mass is 520 g/mol. The number of nitrogens with one attached hydrogen (secondary N) is 2. The van der Waals surface area contributed by atoms with Gasteiger partial charge in [0.2, 0.25) is 5.95 Å². The van der Waals surface area contributed by atoms with Crippen LogP contribution in [0.5, 0.6) is 0 Å². The lowest BCUT2D eigenvalue weighted by Gasteiger charge is -2.11. The van der Waals surface area contributed by atoms with Gasteiger partial charge in [0, 0.05) is 55.1 Å². The molecule has 196 valence electrons. The third kappa shape index (κ3) is 6.49. The highest BCUT2D eigenvalue weighted by molar-refractivity contribution is 5.93. The van der Waals surface area contributed by atoms with Crippen LogP contribution in [0.1, 0.15) is 27.0 Å². The Kier molecular flexibility index (Phi) is 7.65. The molecule has 0 radical (unpaired) electrons. The van der Waals surface area contributed by atoms with Crippen molar-refractivity contribution in [3.05, 3.63) is 118 Å². The average Bonchev–Trinajstić information content (AvgIpc) is 2.94. The van der Waals surface area contributed by atoms with Crippen LogP contribution in [-0.2, 0) is 19.6 Å². The van der Waals surface area contributed by atoms with Crippen LogP contribution in [0, 0.1) is 0 Å². The van der Waals surface area contributed by atoms with Gasteiger partial charge >= 0.3 is 0 Å². The van der Waals surface area contributed by atoms with E-state index in [0.717, 1.165) is 28.7 Å². The first-order valence-corrected chi connectivity index (χ1v) is 12.4. The number of rotatable bonds is 9. The second kappa shape index (κ2) is 11.6. The molecule has 0 aliphatic carbocycles. The lowest BCUT2D eigenvalue weighted by Crippen LogP contribution is -2.32. The maximum atomic E-state index is 12.9. The molecule has 0 spiro atoms. The van der Waals surface area contributed by atoms with Crippen molar-refractivity contribution in [3.8, 4) is 0 Å². The Hall–Kier alpha value is -4.96. The van der Waals surface area contributed by atoms with E-state index in [1.807, 2.05) is 44.4 Å². The summed E-state index contributed by atoms with van der Waals surface area (Å²) in [5.74, 6) is -0.00362. The standard InChI is InChI=1S/C29H28N8O2/c1-36(2)18-20-7-9-24(10-8-20)34-29-33-17-23-13-22(15-31-26(23)35-29)16-32-27(38)25-6-4-12-37(28(25)39)19-21-5-3-11-30-14-21/h3-15,17H,16,18-19H2,1-2H3,(H,32,38)(H,31,33,34,35). The van der Waals surface area contributed by atoms with Crippen LogP contribution in [0.2, 0.25) is 0 Å². The summed E-state index contributed by atoms with van der Waals surface area (Å²) >= 11 is 0. The van der Waals surface area contributed by atoms with E-state index in [-0.39, 0.29) is 17.7 Å². The van der Waals surface area contributed by atoms with Gasteiger partial charge in [-0.3, -0.25) is 14.6 Å². The molecule has 0 fully saturated rings. The van der Waals surface area contributed by atoms with Crippen LogP contribution < -0.4 is 16.2 Å². The largest absolute Gasteiger partial charge is 0.348 e. The second-order valence-electron chi connectivity index (χ2n) is 9.41. The summed E-state index contributed by atoms with van der Waals surface area (Å²) < 4.78 is 1.49. The highest BCUT2D eigenvalue weighted by Crippen LogP contribution is 2.17. The summed E-state index contributed by atoms with van der Waals surface area (Å²) in [5.41, 5.74) is 3.99. The van der Waals surface area contributed by atoms with Gasteiger partial charge in [0.1, 0.15) is 5.56 Å². The fourth-order valence-corrected chi connectivity index (χ4v) is 4.11. The van der Waals surface area contributed by atoms with E-state index in [2.05, 4.69) is 47.6 Å². The number of fused-ring (bicyclic) bond motifs is 1. The van der Waals surface area contributed by atoms with Crippen molar-refractivity contribution < 1.29 is 4.79 Å². The Morgan fingerprint density at radius 3 is 2.56 bits per heavy atom. The molecule has 0 atom stereocenters. The van der Waals surface area contributed by atoms with Crippen molar-refractivity contribution in [1.82, 2.24) is 34.7 Å². The number of benzene rings is 1. The number of amides is 1. The lowest BCUT2D eigenvalue weighted by atomic mass is 10.2. The normalized spacial score (nSPS) is 11.1. The van der Waals surface area contributed by atoms with Crippen molar-refractivity contribution in [3.63, 3.8) is 0 Å². The number of pyridine rings is 3. The highest BCUT2D eigenvalue weighted by Gasteiger charge is 2.13. The number of hydrogen-bond donors (Lipinski definition) is 2. The molecular formula is C29H28N8O2. The van der Waals surface area contributed by atoms with Crippen LogP contribution in [0.25, 0.3) is 11.0 Å². The quantitative estimate of drug-likeness (QED) is 0.304. The van der Waals surface area contributed by atoms with Crippen molar-refractivity contribution >= 4 is 28.6 Å². The third-order valence-electron chi connectivity index (χ3n) is 5.99. The van der Waals surface area contributed by atoms with Crippen molar-refractivity contribution in [2.24, 2.45) is 0 Å². The van der Waals surface area contributed by atoms with Gasteiger partial charge < -0.3 is 20.1 Å². The van der Waals surface area contributed by atoms with E-state index in [1.54, 1.807) is 37.1 Å². The molecule has 1 aromatic carbocycles. The van der Waals surface area contributed by atoms with Crippen LogP contribution in [0.4, 0.5) is 11.6 Å². The summed E-state index contributed by atoms with van der Waals surface area (Å²) in [6.45, 7) is 1.41. The van der Waals surface area contributed by atoms with Crippen molar-refractivity contribution in [2.75, 3.05) is 19.4 Å². The number of anilines is 2. The first-order valence-electron chi connectivity index (χ1n) is 12.4. The van der Waals surface area contributed by atoms with E-state index < -0.39 is 5.91 Å². The summed E-state index contributed by atoms with van der Waals surface area (Å²) in [5, 5.41) is 6.76. The van der Waals surface area contributed by atoms with Crippen molar-refractivity contribution in [1.29, 1.82) is 0 Å². The summed E-state index contributed by atoms with van der Waals surface area (Å²) in [6.07, 6.45) is 8.37. The molecule has 0 aliphatic rings. The smallest absolute Gasteiger partial charge is 0.263 e. The predicted molar refractivity (Wildman–Crippen MR) is 150 cm³/mol. The zero-order valence-electron chi connectivity index (χ0n) is 21.7. The molecule has 2 N–H and O–H groups in total. The molecule has 10 heteroatoms. The van der Waals surface area contributed by atoms with E-state index >= 15 is 0 Å². The van der Waals surface area contributed by atoms with Gasteiger partial charge in [-0.05, 0) is 67.2 Å². The topological polar surface area (TPSA) is 118 Å². The zero-order chi connectivity index (χ0) is 27.2. The number of carbonyl (C=O) groups excluding carboxylic acids is 1. The van der Waals surface area contributed by atoms with Crippen LogP contribution in [0.15, 0.2) is 90.4 Å². The van der Waals surface area contributed by atoms with Gasteiger partial charge in [0.15, 0.2) is 5.65 Å². The molecule has 39 heavy (non-hydrogen) atoms. The molecule has 0 saturated heterocycles. The van der Waals surface area contributed by atoms with E-state index in [1.165, 1.54) is 16.2 Å². The third-order valence-corrected chi connectivity index (χ3v) is 5.99. The van der Waals surface area contributed by atoms with Crippen LogP contribution >= 0.6 is 0 Å². The molecule has 0 saturated carbocycles.